The lowest BCUT2D eigenvalue weighted by atomic mass is 9.90. The number of anilines is 3. The molecule has 0 aliphatic carbocycles. The van der Waals surface area contributed by atoms with Gasteiger partial charge >= 0.3 is 0 Å². The molecule has 54 heavy (non-hydrogen) atoms. The summed E-state index contributed by atoms with van der Waals surface area (Å²) in [5, 5.41) is 12.8. The fourth-order valence-electron chi connectivity index (χ4n) is 8.51. The summed E-state index contributed by atoms with van der Waals surface area (Å²) in [4.78, 5) is 2.46. The predicted octanol–water partition coefficient (Wildman–Crippen LogP) is 15.5. The first-order valence-electron chi connectivity index (χ1n) is 18.5. The lowest BCUT2D eigenvalue weighted by Crippen LogP contribution is -2.10. The third-order valence-electron chi connectivity index (χ3n) is 11.0. The van der Waals surface area contributed by atoms with Crippen LogP contribution in [0.1, 0.15) is 0 Å². The quantitative estimate of drug-likeness (QED) is 0.161. The van der Waals surface area contributed by atoms with Crippen LogP contribution in [-0.2, 0) is 0 Å². The normalized spacial score (nSPS) is 11.7. The van der Waals surface area contributed by atoms with Crippen molar-refractivity contribution in [3.05, 3.63) is 200 Å². The van der Waals surface area contributed by atoms with Crippen LogP contribution < -0.4 is 4.90 Å². The van der Waals surface area contributed by atoms with E-state index in [0.717, 1.165) is 11.4 Å². The fraction of sp³-hybridized carbons (Fsp3) is 0. The highest BCUT2D eigenvalue weighted by Gasteiger charge is 2.21. The fourth-order valence-corrected chi connectivity index (χ4v) is 9.74. The minimum atomic E-state index is 1.12. The second kappa shape index (κ2) is 12.4. The van der Waals surface area contributed by atoms with E-state index >= 15 is 0 Å². The standard InChI is InChI=1S/C52H33NS/c1-2-13-34(14-3-1)37-17-12-18-41(31-37)53(48-33-38-16-5-7-20-43(38)51-46-23-10-11-24-49(46)54-52(48)51)40-29-27-36(28-30-40)47-32-39-26-25-35-15-4-6-19-42(35)50(39)45-22-9-8-21-44(45)47/h1-33H. The average Bonchev–Trinajstić information content (AvgIpc) is 3.64. The molecule has 1 nitrogen and oxygen atoms in total. The molecule has 0 fully saturated rings. The molecule has 10 aromatic carbocycles. The number of rotatable bonds is 5. The number of thiophene rings is 1. The van der Waals surface area contributed by atoms with Crippen LogP contribution in [0.25, 0.3) is 85.5 Å². The number of fused-ring (bicyclic) bond motifs is 10. The van der Waals surface area contributed by atoms with Gasteiger partial charge in [0.05, 0.1) is 10.4 Å². The second-order valence-corrected chi connectivity index (χ2v) is 15.1. The molecule has 0 spiro atoms. The molecule has 0 aliphatic rings. The van der Waals surface area contributed by atoms with E-state index in [1.807, 2.05) is 11.3 Å². The Morgan fingerprint density at radius 1 is 0.333 bits per heavy atom. The maximum Gasteiger partial charge on any atom is 0.0646 e. The summed E-state index contributed by atoms with van der Waals surface area (Å²) in [5.74, 6) is 0. The van der Waals surface area contributed by atoms with Gasteiger partial charge in [0.25, 0.3) is 0 Å². The molecule has 1 heterocycles. The zero-order valence-electron chi connectivity index (χ0n) is 29.4. The molecule has 2 heteroatoms. The van der Waals surface area contributed by atoms with E-state index in [1.165, 1.54) is 91.2 Å². The van der Waals surface area contributed by atoms with Crippen LogP contribution in [0.3, 0.4) is 0 Å². The second-order valence-electron chi connectivity index (χ2n) is 14.1. The lowest BCUT2D eigenvalue weighted by Gasteiger charge is -2.27. The van der Waals surface area contributed by atoms with Crippen molar-refractivity contribution in [1.29, 1.82) is 0 Å². The molecule has 252 valence electrons. The Labute approximate surface area is 317 Å². The first-order valence-corrected chi connectivity index (χ1v) is 19.3. The summed E-state index contributed by atoms with van der Waals surface area (Å²) >= 11 is 1.88. The molecule has 0 radical (unpaired) electrons. The minimum absolute atomic E-state index is 1.12. The Morgan fingerprint density at radius 3 is 1.78 bits per heavy atom. The third kappa shape index (κ3) is 4.92. The van der Waals surface area contributed by atoms with Crippen LogP contribution in [0.15, 0.2) is 200 Å². The summed E-state index contributed by atoms with van der Waals surface area (Å²) in [5.41, 5.74) is 8.28. The van der Waals surface area contributed by atoms with Crippen LogP contribution in [0.2, 0.25) is 0 Å². The minimum Gasteiger partial charge on any atom is -0.309 e. The van der Waals surface area contributed by atoms with Crippen LogP contribution in [0.4, 0.5) is 17.1 Å². The molecular formula is C52H33NS. The Morgan fingerprint density at radius 2 is 0.963 bits per heavy atom. The monoisotopic (exact) mass is 703 g/mol. The van der Waals surface area contributed by atoms with Gasteiger partial charge in [-0.3, -0.25) is 0 Å². The maximum absolute atomic E-state index is 2.46. The molecule has 0 N–H and O–H groups in total. The third-order valence-corrected chi connectivity index (χ3v) is 12.2. The molecular weight excluding hydrogens is 671 g/mol. The zero-order valence-corrected chi connectivity index (χ0v) is 30.2. The Balaban J connectivity index is 1.14. The highest BCUT2D eigenvalue weighted by Crippen LogP contribution is 2.49. The summed E-state index contributed by atoms with van der Waals surface area (Å²) < 4.78 is 2.59. The van der Waals surface area contributed by atoms with Crippen LogP contribution in [0, 0.1) is 0 Å². The summed E-state index contributed by atoms with van der Waals surface area (Å²) in [6, 6.07) is 73.4. The van der Waals surface area contributed by atoms with Gasteiger partial charge in [-0.15, -0.1) is 11.3 Å². The highest BCUT2D eigenvalue weighted by molar-refractivity contribution is 7.26. The van der Waals surface area contributed by atoms with Gasteiger partial charge in [-0.1, -0.05) is 158 Å². The van der Waals surface area contributed by atoms with Crippen molar-refractivity contribution in [3.8, 4) is 22.3 Å². The van der Waals surface area contributed by atoms with E-state index in [4.69, 9.17) is 0 Å². The Bertz CT molecular complexity index is 3210. The van der Waals surface area contributed by atoms with Crippen molar-refractivity contribution in [3.63, 3.8) is 0 Å². The summed E-state index contributed by atoms with van der Waals surface area (Å²) in [7, 11) is 0. The van der Waals surface area contributed by atoms with Crippen molar-refractivity contribution in [2.24, 2.45) is 0 Å². The van der Waals surface area contributed by atoms with Gasteiger partial charge < -0.3 is 4.90 Å². The molecule has 11 aromatic rings. The Hall–Kier alpha value is -6.74. The molecule has 1 aromatic heterocycles. The molecule has 0 unspecified atom stereocenters. The van der Waals surface area contributed by atoms with Crippen molar-refractivity contribution in [1.82, 2.24) is 0 Å². The van der Waals surface area contributed by atoms with Gasteiger partial charge in [0, 0.05) is 26.8 Å². The first-order chi connectivity index (χ1) is 26.8. The lowest BCUT2D eigenvalue weighted by molar-refractivity contribution is 1.30. The van der Waals surface area contributed by atoms with Crippen molar-refractivity contribution >= 4 is 91.7 Å². The largest absolute Gasteiger partial charge is 0.309 e. The van der Waals surface area contributed by atoms with E-state index in [9.17, 15) is 0 Å². The van der Waals surface area contributed by atoms with Crippen molar-refractivity contribution < 1.29 is 0 Å². The Kier molecular flexibility index (Phi) is 7.11. The molecule has 0 saturated heterocycles. The molecule has 0 aliphatic heterocycles. The number of benzene rings is 10. The SMILES string of the molecule is c1ccc(-c2cccc(N(c3ccc(-c4cc5ccc6ccccc6c5c5ccccc45)cc3)c3cc4ccccc4c4c3sc3ccccc34)c2)cc1. The smallest absolute Gasteiger partial charge is 0.0646 e. The molecule has 11 rings (SSSR count). The first kappa shape index (κ1) is 30.8. The predicted molar refractivity (Wildman–Crippen MR) is 235 cm³/mol. The van der Waals surface area contributed by atoms with Crippen LogP contribution in [0.5, 0.6) is 0 Å². The number of nitrogens with zero attached hydrogens (tertiary/aromatic N) is 1. The van der Waals surface area contributed by atoms with E-state index in [0.29, 0.717) is 0 Å². The van der Waals surface area contributed by atoms with Gasteiger partial charge in [0.2, 0.25) is 0 Å². The van der Waals surface area contributed by atoms with Crippen LogP contribution in [-0.4, -0.2) is 0 Å². The summed E-state index contributed by atoms with van der Waals surface area (Å²) in [6.07, 6.45) is 0. The number of hydrogen-bond donors (Lipinski definition) is 0. The van der Waals surface area contributed by atoms with Gasteiger partial charge in [-0.05, 0) is 108 Å². The van der Waals surface area contributed by atoms with Gasteiger partial charge in [0.1, 0.15) is 0 Å². The van der Waals surface area contributed by atoms with E-state index in [1.54, 1.807) is 0 Å². The average molecular weight is 704 g/mol. The van der Waals surface area contributed by atoms with E-state index < -0.39 is 0 Å². The van der Waals surface area contributed by atoms with Crippen molar-refractivity contribution in [2.75, 3.05) is 4.90 Å². The van der Waals surface area contributed by atoms with E-state index in [-0.39, 0.29) is 0 Å². The van der Waals surface area contributed by atoms with Gasteiger partial charge in [-0.25, -0.2) is 0 Å². The topological polar surface area (TPSA) is 3.24 Å². The van der Waals surface area contributed by atoms with Crippen molar-refractivity contribution in [2.45, 2.75) is 0 Å². The van der Waals surface area contributed by atoms with E-state index in [2.05, 4.69) is 205 Å². The zero-order chi connectivity index (χ0) is 35.6. The molecule has 0 atom stereocenters. The molecule has 0 saturated carbocycles. The van der Waals surface area contributed by atoms with Gasteiger partial charge in [-0.2, -0.15) is 0 Å². The summed E-state index contributed by atoms with van der Waals surface area (Å²) in [6.45, 7) is 0. The maximum atomic E-state index is 2.46. The van der Waals surface area contributed by atoms with Crippen LogP contribution >= 0.6 is 11.3 Å². The van der Waals surface area contributed by atoms with Gasteiger partial charge in [0.15, 0.2) is 0 Å². The highest BCUT2D eigenvalue weighted by atomic mass is 32.1. The molecule has 0 amide bonds. The number of hydrogen-bond acceptors (Lipinski definition) is 2. The molecule has 0 bridgehead atoms.